The normalized spacial score (nSPS) is 26.0. The van der Waals surface area contributed by atoms with E-state index in [1.54, 1.807) is 0 Å². The largest absolute Gasteiger partial charge is 0.469 e. The summed E-state index contributed by atoms with van der Waals surface area (Å²) in [7, 11) is 1.45. The molecule has 2 fully saturated rings. The molecule has 2 atom stereocenters. The highest BCUT2D eigenvalue weighted by atomic mass is 16.5. The van der Waals surface area contributed by atoms with Gasteiger partial charge in [-0.2, -0.15) is 0 Å². The quantitative estimate of drug-likeness (QED) is 0.862. The Labute approximate surface area is 139 Å². The molecule has 0 spiro atoms. The predicted molar refractivity (Wildman–Crippen MR) is 92.5 cm³/mol. The zero-order chi connectivity index (χ0) is 16.1. The average molecular weight is 315 g/mol. The minimum absolute atomic E-state index is 0.159. The highest BCUT2D eigenvalue weighted by molar-refractivity contribution is 5.72. The first-order valence-electron chi connectivity index (χ1n) is 9.14. The third-order valence-electron chi connectivity index (χ3n) is 5.75. The van der Waals surface area contributed by atoms with Crippen LogP contribution in [0, 0.1) is 11.8 Å². The van der Waals surface area contributed by atoms with Crippen LogP contribution in [-0.2, 0) is 16.0 Å². The molecule has 1 aromatic carbocycles. The molecule has 1 N–H and O–H groups in total. The second-order valence-electron chi connectivity index (χ2n) is 7.16. The summed E-state index contributed by atoms with van der Waals surface area (Å²) in [5.74, 6) is 2.11. The fraction of sp³-hybridized carbons (Fsp3) is 0.650. The van der Waals surface area contributed by atoms with E-state index in [9.17, 15) is 4.79 Å². The lowest BCUT2D eigenvalue weighted by Crippen LogP contribution is -2.39. The Hall–Kier alpha value is -1.35. The van der Waals surface area contributed by atoms with Gasteiger partial charge in [0.05, 0.1) is 13.5 Å². The second-order valence-corrected chi connectivity index (χ2v) is 7.16. The highest BCUT2D eigenvalue weighted by Gasteiger charge is 2.33. The Morgan fingerprint density at radius 1 is 1.22 bits per heavy atom. The van der Waals surface area contributed by atoms with E-state index in [4.69, 9.17) is 4.74 Å². The Balaban J connectivity index is 1.77. The maximum Gasteiger partial charge on any atom is 0.309 e. The van der Waals surface area contributed by atoms with E-state index >= 15 is 0 Å². The van der Waals surface area contributed by atoms with Gasteiger partial charge in [-0.1, -0.05) is 56.4 Å². The minimum atomic E-state index is -0.159. The predicted octanol–water partition coefficient (Wildman–Crippen LogP) is 3.68. The number of methoxy groups -OCH3 is 1. The molecule has 1 heterocycles. The van der Waals surface area contributed by atoms with Crippen molar-refractivity contribution in [2.75, 3.05) is 20.2 Å². The number of piperidine rings is 1. The Morgan fingerprint density at radius 2 is 2.04 bits per heavy atom. The van der Waals surface area contributed by atoms with Crippen LogP contribution in [0.3, 0.4) is 0 Å². The second kappa shape index (κ2) is 7.96. The molecular formula is C20H29NO2. The number of rotatable bonds is 4. The number of hydrogen-bond donors (Lipinski definition) is 1. The summed E-state index contributed by atoms with van der Waals surface area (Å²) in [6.45, 7) is 2.22. The van der Waals surface area contributed by atoms with Crippen LogP contribution in [0.2, 0.25) is 0 Å². The van der Waals surface area contributed by atoms with Crippen LogP contribution >= 0.6 is 0 Å². The monoisotopic (exact) mass is 315 g/mol. The van der Waals surface area contributed by atoms with Crippen molar-refractivity contribution in [3.63, 3.8) is 0 Å². The van der Waals surface area contributed by atoms with Crippen LogP contribution in [-0.4, -0.2) is 26.2 Å². The zero-order valence-corrected chi connectivity index (χ0v) is 14.2. The van der Waals surface area contributed by atoms with Gasteiger partial charge in [0.2, 0.25) is 0 Å². The van der Waals surface area contributed by atoms with Gasteiger partial charge in [0, 0.05) is 6.54 Å². The van der Waals surface area contributed by atoms with Crippen LogP contribution in [0.1, 0.15) is 55.6 Å². The molecule has 1 aromatic rings. The van der Waals surface area contributed by atoms with Crippen molar-refractivity contribution in [3.8, 4) is 0 Å². The van der Waals surface area contributed by atoms with Gasteiger partial charge in [-0.25, -0.2) is 0 Å². The number of hydrogen-bond acceptors (Lipinski definition) is 3. The molecule has 2 aliphatic rings. The standard InChI is InChI=1S/C20H29NO2/c1-23-20(22)13-15-6-5-9-17(12-15)19-14-21-11-10-18(19)16-7-3-2-4-8-16/h5-6,9,12,16,18-19,21H,2-4,7-8,10-11,13-14H2,1H3. The molecule has 3 heteroatoms. The number of nitrogens with one attached hydrogen (secondary N) is 1. The molecule has 23 heavy (non-hydrogen) atoms. The van der Waals surface area contributed by atoms with Crippen molar-refractivity contribution < 1.29 is 9.53 Å². The first kappa shape index (κ1) is 16.5. The molecule has 0 bridgehead atoms. The van der Waals surface area contributed by atoms with E-state index in [-0.39, 0.29) is 5.97 Å². The molecule has 0 radical (unpaired) electrons. The van der Waals surface area contributed by atoms with E-state index in [0.717, 1.165) is 30.5 Å². The van der Waals surface area contributed by atoms with Gasteiger partial charge >= 0.3 is 5.97 Å². The van der Waals surface area contributed by atoms with Crippen LogP contribution < -0.4 is 5.32 Å². The number of esters is 1. The topological polar surface area (TPSA) is 38.3 Å². The summed E-state index contributed by atoms with van der Waals surface area (Å²) in [6, 6.07) is 8.60. The number of carbonyl (C=O) groups is 1. The van der Waals surface area contributed by atoms with Gasteiger partial charge in [0.25, 0.3) is 0 Å². The van der Waals surface area contributed by atoms with E-state index in [1.807, 2.05) is 6.07 Å². The summed E-state index contributed by atoms with van der Waals surface area (Å²) in [4.78, 5) is 11.5. The maximum atomic E-state index is 11.5. The van der Waals surface area contributed by atoms with E-state index in [0.29, 0.717) is 12.3 Å². The highest BCUT2D eigenvalue weighted by Crippen LogP contribution is 2.41. The van der Waals surface area contributed by atoms with Gasteiger partial charge in [-0.15, -0.1) is 0 Å². The smallest absolute Gasteiger partial charge is 0.309 e. The lowest BCUT2D eigenvalue weighted by atomic mass is 9.69. The van der Waals surface area contributed by atoms with Gasteiger partial charge in [0.1, 0.15) is 0 Å². The molecule has 126 valence electrons. The molecule has 3 nitrogen and oxygen atoms in total. The summed E-state index contributed by atoms with van der Waals surface area (Å²) in [5.41, 5.74) is 2.47. The Kier molecular flexibility index (Phi) is 5.71. The molecule has 0 amide bonds. The molecule has 1 saturated heterocycles. The van der Waals surface area contributed by atoms with Gasteiger partial charge in [-0.3, -0.25) is 4.79 Å². The van der Waals surface area contributed by atoms with Crippen molar-refractivity contribution in [1.29, 1.82) is 0 Å². The van der Waals surface area contributed by atoms with Crippen molar-refractivity contribution in [1.82, 2.24) is 5.32 Å². The fourth-order valence-corrected chi connectivity index (χ4v) is 4.54. The summed E-state index contributed by atoms with van der Waals surface area (Å²) < 4.78 is 4.80. The molecule has 1 saturated carbocycles. The maximum absolute atomic E-state index is 11.5. The van der Waals surface area contributed by atoms with E-state index < -0.39 is 0 Å². The lowest BCUT2D eigenvalue weighted by molar-refractivity contribution is -0.139. The molecule has 3 rings (SSSR count). The van der Waals surface area contributed by atoms with Gasteiger partial charge in [0.15, 0.2) is 0 Å². The number of carbonyl (C=O) groups excluding carboxylic acids is 1. The summed E-state index contributed by atoms with van der Waals surface area (Å²) >= 11 is 0. The zero-order valence-electron chi connectivity index (χ0n) is 14.2. The Morgan fingerprint density at radius 3 is 2.83 bits per heavy atom. The number of ether oxygens (including phenoxy) is 1. The summed E-state index contributed by atoms with van der Waals surface area (Å²) in [5, 5.41) is 3.58. The first-order chi connectivity index (χ1) is 11.3. The SMILES string of the molecule is COC(=O)Cc1cccc(C2CNCCC2C2CCCCC2)c1. The van der Waals surface area contributed by atoms with Crippen LogP contribution in [0.4, 0.5) is 0 Å². The molecule has 1 aliphatic heterocycles. The third kappa shape index (κ3) is 4.14. The molecular weight excluding hydrogens is 286 g/mol. The van der Waals surface area contributed by atoms with Gasteiger partial charge in [-0.05, 0) is 41.8 Å². The fourth-order valence-electron chi connectivity index (χ4n) is 4.54. The summed E-state index contributed by atoms with van der Waals surface area (Å²) in [6.07, 6.45) is 8.70. The lowest BCUT2D eigenvalue weighted by Gasteiger charge is -2.39. The van der Waals surface area contributed by atoms with Crippen molar-refractivity contribution in [2.24, 2.45) is 11.8 Å². The molecule has 1 aliphatic carbocycles. The van der Waals surface area contributed by atoms with Crippen LogP contribution in [0.15, 0.2) is 24.3 Å². The van der Waals surface area contributed by atoms with Crippen molar-refractivity contribution in [2.45, 2.75) is 50.9 Å². The van der Waals surface area contributed by atoms with E-state index in [2.05, 4.69) is 23.5 Å². The Bertz CT molecular complexity index is 522. The van der Waals surface area contributed by atoms with Crippen molar-refractivity contribution in [3.05, 3.63) is 35.4 Å². The minimum Gasteiger partial charge on any atom is -0.469 e. The molecule has 0 aromatic heterocycles. The van der Waals surface area contributed by atoms with Crippen LogP contribution in [0.25, 0.3) is 0 Å². The first-order valence-corrected chi connectivity index (χ1v) is 9.14. The molecule has 2 unspecified atom stereocenters. The van der Waals surface area contributed by atoms with Crippen LogP contribution in [0.5, 0.6) is 0 Å². The van der Waals surface area contributed by atoms with E-state index in [1.165, 1.54) is 51.2 Å². The van der Waals surface area contributed by atoms with Crippen molar-refractivity contribution >= 4 is 5.97 Å². The average Bonchev–Trinajstić information content (AvgIpc) is 2.62. The number of benzene rings is 1. The third-order valence-corrected chi connectivity index (χ3v) is 5.75. The van der Waals surface area contributed by atoms with Gasteiger partial charge < -0.3 is 10.1 Å².